The van der Waals surface area contributed by atoms with Crippen LogP contribution in [0.3, 0.4) is 0 Å². The second-order valence-electron chi connectivity index (χ2n) is 7.36. The van der Waals surface area contributed by atoms with Crippen LogP contribution in [0.25, 0.3) is 11.0 Å². The Balaban J connectivity index is 1.50. The number of aryl methyl sites for hydroxylation is 1. The summed E-state index contributed by atoms with van der Waals surface area (Å²) in [6.45, 7) is 3.08. The van der Waals surface area contributed by atoms with E-state index in [4.69, 9.17) is 13.9 Å². The van der Waals surface area contributed by atoms with Crippen molar-refractivity contribution in [3.05, 3.63) is 69.1 Å². The highest BCUT2D eigenvalue weighted by Gasteiger charge is 2.26. The van der Waals surface area contributed by atoms with Gasteiger partial charge in [-0.25, -0.2) is 9.59 Å². The Kier molecular flexibility index (Phi) is 4.27. The zero-order valence-corrected chi connectivity index (χ0v) is 16.2. The smallest absolute Gasteiger partial charge is 0.339 e. The maximum absolute atomic E-state index is 12.5. The van der Waals surface area contributed by atoms with Gasteiger partial charge in [-0.3, -0.25) is 0 Å². The Morgan fingerprint density at radius 2 is 1.86 bits per heavy atom. The van der Waals surface area contributed by atoms with Gasteiger partial charge in [0, 0.05) is 16.6 Å². The van der Waals surface area contributed by atoms with Crippen LogP contribution >= 0.6 is 0 Å². The van der Waals surface area contributed by atoms with E-state index in [9.17, 15) is 9.59 Å². The molecule has 2 aliphatic rings. The van der Waals surface area contributed by atoms with E-state index in [1.165, 1.54) is 0 Å². The molecular weight excluding hydrogens is 370 g/mol. The van der Waals surface area contributed by atoms with Gasteiger partial charge in [0.25, 0.3) is 0 Å². The van der Waals surface area contributed by atoms with Gasteiger partial charge >= 0.3 is 11.6 Å². The molecule has 0 unspecified atom stereocenters. The molecule has 148 valence electrons. The summed E-state index contributed by atoms with van der Waals surface area (Å²) in [6, 6.07) is 11.2. The predicted molar refractivity (Wildman–Crippen MR) is 109 cm³/mol. The Bertz CT molecular complexity index is 1160. The molecule has 0 saturated carbocycles. The Labute approximate surface area is 167 Å². The fourth-order valence-corrected chi connectivity index (χ4v) is 4.24. The highest BCUT2D eigenvalue weighted by molar-refractivity contribution is 5.90. The monoisotopic (exact) mass is 391 g/mol. The topological polar surface area (TPSA) is 69.0 Å². The molecule has 0 bridgehead atoms. The minimum Gasteiger partial charge on any atom is -0.473 e. The summed E-state index contributed by atoms with van der Waals surface area (Å²) in [5.41, 5.74) is 4.66. The highest BCUT2D eigenvalue weighted by Crippen LogP contribution is 2.37. The summed E-state index contributed by atoms with van der Waals surface area (Å²) in [4.78, 5) is 26.4. The maximum atomic E-state index is 12.5. The molecule has 1 aliphatic carbocycles. The van der Waals surface area contributed by atoms with Crippen molar-refractivity contribution in [2.45, 2.75) is 32.7 Å². The van der Waals surface area contributed by atoms with Crippen molar-refractivity contribution in [3.63, 3.8) is 0 Å². The van der Waals surface area contributed by atoms with Crippen LogP contribution < -0.4 is 15.3 Å². The van der Waals surface area contributed by atoms with Crippen molar-refractivity contribution in [3.8, 4) is 5.75 Å². The average Bonchev–Trinajstić information content (AvgIpc) is 3.25. The van der Waals surface area contributed by atoms with Gasteiger partial charge in [0.05, 0.1) is 24.3 Å². The largest absolute Gasteiger partial charge is 0.473 e. The molecule has 1 aromatic heterocycles. The van der Waals surface area contributed by atoms with Crippen molar-refractivity contribution in [2.24, 2.45) is 0 Å². The van der Waals surface area contributed by atoms with Crippen LogP contribution in [-0.4, -0.2) is 19.3 Å². The minimum absolute atomic E-state index is 0.227. The van der Waals surface area contributed by atoms with Crippen LogP contribution in [0.5, 0.6) is 5.75 Å². The van der Waals surface area contributed by atoms with Crippen molar-refractivity contribution in [1.82, 2.24) is 0 Å². The van der Waals surface area contributed by atoms with Gasteiger partial charge in [0.2, 0.25) is 0 Å². The molecule has 5 rings (SSSR count). The van der Waals surface area contributed by atoms with Gasteiger partial charge in [-0.2, -0.15) is 0 Å². The lowest BCUT2D eigenvalue weighted by molar-refractivity contribution is 0.0526. The number of carbonyl (C=O) groups is 1. The van der Waals surface area contributed by atoms with E-state index in [0.717, 1.165) is 52.8 Å². The molecule has 2 heterocycles. The first-order valence-electron chi connectivity index (χ1n) is 9.91. The molecule has 3 aromatic rings. The van der Waals surface area contributed by atoms with Gasteiger partial charge < -0.3 is 18.8 Å². The van der Waals surface area contributed by atoms with Crippen LogP contribution in [-0.2, 0) is 24.1 Å². The van der Waals surface area contributed by atoms with Crippen LogP contribution in [0.1, 0.15) is 40.4 Å². The van der Waals surface area contributed by atoms with E-state index < -0.39 is 0 Å². The third-order valence-electron chi connectivity index (χ3n) is 5.67. The minimum atomic E-state index is -0.332. The lowest BCUT2D eigenvalue weighted by Crippen LogP contribution is -2.32. The van der Waals surface area contributed by atoms with Gasteiger partial charge in [-0.1, -0.05) is 0 Å². The average molecular weight is 391 g/mol. The molecule has 0 amide bonds. The first-order valence-corrected chi connectivity index (χ1v) is 9.91. The summed E-state index contributed by atoms with van der Waals surface area (Å²) in [7, 11) is 0. The first-order chi connectivity index (χ1) is 14.2. The van der Waals surface area contributed by atoms with Gasteiger partial charge in [0.15, 0.2) is 6.73 Å². The number of esters is 1. The highest BCUT2D eigenvalue weighted by atomic mass is 16.5. The summed E-state index contributed by atoms with van der Waals surface area (Å²) in [5, 5.41) is 1.01. The Morgan fingerprint density at radius 1 is 1.07 bits per heavy atom. The molecule has 29 heavy (non-hydrogen) atoms. The second kappa shape index (κ2) is 6.95. The zero-order valence-electron chi connectivity index (χ0n) is 16.2. The zero-order chi connectivity index (χ0) is 20.0. The summed E-state index contributed by atoms with van der Waals surface area (Å²) in [5.74, 6) is 0.416. The van der Waals surface area contributed by atoms with Crippen LogP contribution in [0.15, 0.2) is 45.6 Å². The van der Waals surface area contributed by atoms with Crippen molar-refractivity contribution in [2.75, 3.05) is 18.2 Å². The van der Waals surface area contributed by atoms with Crippen molar-refractivity contribution < 1.29 is 18.7 Å². The number of hydrogen-bond donors (Lipinski definition) is 0. The summed E-state index contributed by atoms with van der Waals surface area (Å²) < 4.78 is 16.7. The fourth-order valence-electron chi connectivity index (χ4n) is 4.24. The number of hydrogen-bond acceptors (Lipinski definition) is 6. The van der Waals surface area contributed by atoms with E-state index in [1.807, 2.05) is 29.2 Å². The van der Waals surface area contributed by atoms with Gasteiger partial charge in [-0.05, 0) is 68.1 Å². The molecular formula is C23H21NO5. The third kappa shape index (κ3) is 2.95. The number of fused-ring (bicyclic) bond motifs is 5. The number of ether oxygens (including phenoxy) is 2. The van der Waals surface area contributed by atoms with Crippen molar-refractivity contribution >= 4 is 22.6 Å². The molecule has 2 aromatic carbocycles. The van der Waals surface area contributed by atoms with Crippen LogP contribution in [0.4, 0.5) is 5.69 Å². The van der Waals surface area contributed by atoms with Crippen LogP contribution in [0.2, 0.25) is 0 Å². The predicted octanol–water partition coefficient (Wildman–Crippen LogP) is 3.81. The third-order valence-corrected chi connectivity index (χ3v) is 5.67. The number of carbonyl (C=O) groups excluding carboxylic acids is 1. The van der Waals surface area contributed by atoms with Gasteiger partial charge in [-0.15, -0.1) is 0 Å². The standard InChI is InChI=1S/C23H21NO5/c1-2-27-22(25)14-6-8-15(9-7-14)24-12-19-20(28-13-24)11-10-17-16-4-3-5-18(16)23(26)29-21(17)19/h6-11H,2-5,12-13H2,1H3. The van der Waals surface area contributed by atoms with Crippen molar-refractivity contribution in [1.29, 1.82) is 0 Å². The summed E-state index contributed by atoms with van der Waals surface area (Å²) >= 11 is 0. The Hall–Kier alpha value is -3.28. The van der Waals surface area contributed by atoms with Gasteiger partial charge in [0.1, 0.15) is 11.3 Å². The first kappa shape index (κ1) is 17.8. The SMILES string of the molecule is CCOC(=O)c1ccc(N2COc3ccc4c5c(c(=O)oc4c3C2)CCC5)cc1. The second-order valence-corrected chi connectivity index (χ2v) is 7.36. The van der Waals surface area contributed by atoms with Crippen LogP contribution in [0, 0.1) is 0 Å². The molecule has 0 N–H and O–H groups in total. The summed E-state index contributed by atoms with van der Waals surface area (Å²) in [6.07, 6.45) is 2.70. The molecule has 6 heteroatoms. The lowest BCUT2D eigenvalue weighted by atomic mass is 10.0. The molecule has 0 saturated heterocycles. The Morgan fingerprint density at radius 3 is 2.66 bits per heavy atom. The fraction of sp³-hybridized carbons (Fsp3) is 0.304. The number of nitrogens with zero attached hydrogens (tertiary/aromatic N) is 1. The van der Waals surface area contributed by atoms with E-state index in [1.54, 1.807) is 19.1 Å². The molecule has 0 radical (unpaired) electrons. The van der Waals surface area contributed by atoms with E-state index in [-0.39, 0.29) is 11.6 Å². The molecule has 0 atom stereocenters. The van der Waals surface area contributed by atoms with E-state index >= 15 is 0 Å². The molecule has 0 spiro atoms. The molecule has 0 fully saturated rings. The normalized spacial score (nSPS) is 15.0. The number of benzene rings is 2. The number of rotatable bonds is 3. The van der Waals surface area contributed by atoms with E-state index in [2.05, 4.69) is 0 Å². The maximum Gasteiger partial charge on any atom is 0.339 e. The number of anilines is 1. The molecule has 6 nitrogen and oxygen atoms in total. The van der Waals surface area contributed by atoms with E-state index in [0.29, 0.717) is 31.0 Å². The quantitative estimate of drug-likeness (QED) is 0.499. The lowest BCUT2D eigenvalue weighted by Gasteiger charge is -2.31. The molecule has 1 aliphatic heterocycles.